The predicted octanol–water partition coefficient (Wildman–Crippen LogP) is 7.01. The van der Waals surface area contributed by atoms with Gasteiger partial charge in [-0.1, -0.05) is 37.8 Å². The van der Waals surface area contributed by atoms with E-state index in [4.69, 9.17) is 4.42 Å². The molecule has 0 bridgehead atoms. The van der Waals surface area contributed by atoms with Crippen LogP contribution >= 0.6 is 0 Å². The van der Waals surface area contributed by atoms with E-state index in [0.717, 1.165) is 11.2 Å². The first-order valence-electron chi connectivity index (χ1n) is 11.4. The van der Waals surface area contributed by atoms with Gasteiger partial charge in [0.05, 0.1) is 13.6 Å². The normalized spacial score (nSPS) is 12.4. The molecule has 0 fully saturated rings. The summed E-state index contributed by atoms with van der Waals surface area (Å²) in [6.07, 6.45) is 0. The number of benzene rings is 3. The highest BCUT2D eigenvalue weighted by molar-refractivity contribution is 6.90. The Morgan fingerprint density at radius 2 is 1.41 bits per heavy atom. The molecule has 32 heavy (non-hydrogen) atoms. The van der Waals surface area contributed by atoms with Gasteiger partial charge in [0.1, 0.15) is 18.2 Å². The molecular weight excluding hydrogens is 406 g/mol. The Kier molecular flexibility index (Phi) is 4.61. The molecule has 0 amide bonds. The van der Waals surface area contributed by atoms with Crippen LogP contribution in [-0.2, 0) is 7.05 Å². The van der Waals surface area contributed by atoms with Gasteiger partial charge in [0.2, 0.25) is 11.2 Å². The molecule has 162 valence electrons. The van der Waals surface area contributed by atoms with Gasteiger partial charge in [-0.15, -0.1) is 0 Å². The van der Waals surface area contributed by atoms with Crippen molar-refractivity contribution in [1.29, 1.82) is 0 Å². The maximum absolute atomic E-state index is 6.51. The van der Waals surface area contributed by atoms with Gasteiger partial charge in [0, 0.05) is 28.3 Å². The monoisotopic (exact) mass is 438 g/mol. The summed E-state index contributed by atoms with van der Waals surface area (Å²) in [5.41, 5.74) is 11.0. The van der Waals surface area contributed by atoms with Crippen LogP contribution in [0.2, 0.25) is 19.6 Å². The zero-order valence-corrected chi connectivity index (χ0v) is 21.5. The molecule has 0 atom stereocenters. The fourth-order valence-electron chi connectivity index (χ4n) is 4.99. The SMILES string of the molecule is Cc1cc2c([Si](C)(C)C)cc(-c3c(C)c(C)cc4c3oc3ccccc34)[n+](C)c2cc1C. The lowest BCUT2D eigenvalue weighted by atomic mass is 9.95. The molecule has 0 N–H and O–H groups in total. The maximum Gasteiger partial charge on any atom is 0.216 e. The van der Waals surface area contributed by atoms with E-state index in [-0.39, 0.29) is 0 Å². The number of hydrogen-bond acceptors (Lipinski definition) is 1. The second kappa shape index (κ2) is 7.04. The van der Waals surface area contributed by atoms with Crippen molar-refractivity contribution in [3.8, 4) is 11.3 Å². The first kappa shape index (κ1) is 21.0. The Bertz CT molecular complexity index is 1550. The summed E-state index contributed by atoms with van der Waals surface area (Å²) in [5, 5.41) is 5.29. The molecule has 0 aliphatic heterocycles. The smallest absolute Gasteiger partial charge is 0.216 e. The molecule has 3 aromatic carbocycles. The van der Waals surface area contributed by atoms with E-state index < -0.39 is 8.07 Å². The van der Waals surface area contributed by atoms with Gasteiger partial charge in [0.25, 0.3) is 0 Å². The van der Waals surface area contributed by atoms with Crippen molar-refractivity contribution >= 4 is 46.1 Å². The third-order valence-electron chi connectivity index (χ3n) is 7.16. The number of furan rings is 1. The molecule has 0 aliphatic carbocycles. The average Bonchev–Trinajstić information content (AvgIpc) is 3.08. The number of rotatable bonds is 2. The summed E-state index contributed by atoms with van der Waals surface area (Å²) in [4.78, 5) is 0. The first-order valence-corrected chi connectivity index (χ1v) is 14.9. The van der Waals surface area contributed by atoms with E-state index in [9.17, 15) is 0 Å². The van der Waals surface area contributed by atoms with Gasteiger partial charge in [0.15, 0.2) is 0 Å². The fraction of sp³-hybridized carbons (Fsp3) is 0.276. The van der Waals surface area contributed by atoms with Gasteiger partial charge in [-0.25, -0.2) is 0 Å². The van der Waals surface area contributed by atoms with Crippen LogP contribution in [0.15, 0.2) is 52.9 Å². The van der Waals surface area contributed by atoms with Crippen LogP contribution in [0.5, 0.6) is 0 Å². The van der Waals surface area contributed by atoms with Crippen molar-refractivity contribution in [2.24, 2.45) is 7.05 Å². The zero-order valence-electron chi connectivity index (χ0n) is 20.5. The quantitative estimate of drug-likeness (QED) is 0.214. The molecule has 0 spiro atoms. The minimum absolute atomic E-state index is 0.953. The van der Waals surface area contributed by atoms with Crippen LogP contribution in [0.25, 0.3) is 44.1 Å². The Morgan fingerprint density at radius 1 is 0.750 bits per heavy atom. The lowest BCUT2D eigenvalue weighted by Crippen LogP contribution is -2.43. The van der Waals surface area contributed by atoms with E-state index in [0.29, 0.717) is 0 Å². The summed E-state index contributed by atoms with van der Waals surface area (Å²) in [6.45, 7) is 16.2. The van der Waals surface area contributed by atoms with Crippen LogP contribution in [0.3, 0.4) is 0 Å². The minimum atomic E-state index is -1.60. The third-order valence-corrected chi connectivity index (χ3v) is 9.19. The topological polar surface area (TPSA) is 17.0 Å². The summed E-state index contributed by atoms with van der Waals surface area (Å²) in [5.74, 6) is 0. The highest BCUT2D eigenvalue weighted by Gasteiger charge is 2.29. The molecule has 0 radical (unpaired) electrons. The summed E-state index contributed by atoms with van der Waals surface area (Å²) >= 11 is 0. The molecule has 0 unspecified atom stereocenters. The van der Waals surface area contributed by atoms with Crippen molar-refractivity contribution in [3.63, 3.8) is 0 Å². The minimum Gasteiger partial charge on any atom is -0.455 e. The molecule has 3 heteroatoms. The number of pyridine rings is 1. The number of hydrogen-bond donors (Lipinski definition) is 0. The largest absolute Gasteiger partial charge is 0.455 e. The van der Waals surface area contributed by atoms with E-state index in [2.05, 4.69) is 107 Å². The summed E-state index contributed by atoms with van der Waals surface area (Å²) in [6, 6.07) is 17.9. The first-order chi connectivity index (χ1) is 15.1. The molecule has 2 aromatic heterocycles. The van der Waals surface area contributed by atoms with E-state index in [1.807, 2.05) is 0 Å². The van der Waals surface area contributed by atoms with Crippen LogP contribution in [0, 0.1) is 27.7 Å². The number of nitrogens with zero attached hydrogens (tertiary/aromatic N) is 1. The van der Waals surface area contributed by atoms with E-state index in [1.54, 1.807) is 0 Å². The Hall–Kier alpha value is -2.91. The maximum atomic E-state index is 6.51. The summed E-state index contributed by atoms with van der Waals surface area (Å²) < 4.78 is 8.88. The van der Waals surface area contributed by atoms with Crippen molar-refractivity contribution < 1.29 is 8.98 Å². The Morgan fingerprint density at radius 3 is 2.12 bits per heavy atom. The second-order valence-electron chi connectivity index (χ2n) is 10.4. The Balaban J connectivity index is 1.99. The van der Waals surface area contributed by atoms with Crippen molar-refractivity contribution in [3.05, 3.63) is 70.8 Å². The van der Waals surface area contributed by atoms with Crippen molar-refractivity contribution in [1.82, 2.24) is 0 Å². The number of aryl methyl sites for hydroxylation is 4. The molecule has 0 aliphatic rings. The lowest BCUT2D eigenvalue weighted by molar-refractivity contribution is -0.633. The van der Waals surface area contributed by atoms with Gasteiger partial charge in [-0.3, -0.25) is 0 Å². The lowest BCUT2D eigenvalue weighted by Gasteiger charge is -2.21. The highest BCUT2D eigenvalue weighted by atomic mass is 28.3. The highest BCUT2D eigenvalue weighted by Crippen LogP contribution is 2.38. The van der Waals surface area contributed by atoms with Crippen LogP contribution < -0.4 is 9.75 Å². The van der Waals surface area contributed by atoms with Gasteiger partial charge < -0.3 is 4.42 Å². The second-order valence-corrected chi connectivity index (χ2v) is 15.4. The molecule has 0 saturated carbocycles. The fourth-order valence-corrected chi connectivity index (χ4v) is 6.57. The molecule has 5 aromatic rings. The van der Waals surface area contributed by atoms with Crippen LogP contribution in [0.4, 0.5) is 0 Å². The average molecular weight is 439 g/mol. The number of fused-ring (bicyclic) bond motifs is 4. The van der Waals surface area contributed by atoms with Crippen LogP contribution in [0.1, 0.15) is 22.3 Å². The standard InChI is InChI=1S/C29H32NOSi/c1-17-13-23-24(15-18(17)2)30(5)25(16-27(23)32(6,7)8)28-20(4)19(3)14-22-21-11-9-10-12-26(21)31-29(22)28/h9-16H,1-8H3/q+1. The van der Waals surface area contributed by atoms with E-state index in [1.165, 1.54) is 60.4 Å². The van der Waals surface area contributed by atoms with Gasteiger partial charge >= 0.3 is 0 Å². The van der Waals surface area contributed by atoms with Gasteiger partial charge in [-0.05, 0) is 73.3 Å². The Labute approximate surface area is 191 Å². The van der Waals surface area contributed by atoms with Crippen molar-refractivity contribution in [2.75, 3.05) is 0 Å². The third kappa shape index (κ3) is 3.02. The molecule has 2 nitrogen and oxygen atoms in total. The number of aromatic nitrogens is 1. The summed E-state index contributed by atoms with van der Waals surface area (Å²) in [7, 11) is 0.606. The molecule has 5 rings (SSSR count). The van der Waals surface area contributed by atoms with Crippen molar-refractivity contribution in [2.45, 2.75) is 47.3 Å². The number of para-hydroxylation sites is 1. The molecule has 0 saturated heterocycles. The molecule has 2 heterocycles. The van der Waals surface area contributed by atoms with Gasteiger partial charge in [-0.2, -0.15) is 4.57 Å². The predicted molar refractivity (Wildman–Crippen MR) is 140 cm³/mol. The molecular formula is C29H32NOSi+. The van der Waals surface area contributed by atoms with Crippen LogP contribution in [-0.4, -0.2) is 8.07 Å². The zero-order chi connectivity index (χ0) is 22.9. The van der Waals surface area contributed by atoms with E-state index >= 15 is 0 Å².